The van der Waals surface area contributed by atoms with Crippen molar-refractivity contribution in [2.75, 3.05) is 5.32 Å². The van der Waals surface area contributed by atoms with Crippen LogP contribution in [0.15, 0.2) is 19.5 Å². The van der Waals surface area contributed by atoms with E-state index in [0.29, 0.717) is 20.3 Å². The molecule has 0 unspecified atom stereocenters. The fraction of sp³-hybridized carbons (Fsp3) is 0.476. The molecule has 1 amide bonds. The number of rotatable bonds is 3. The lowest BCUT2D eigenvalue weighted by molar-refractivity contribution is 0.0934. The van der Waals surface area contributed by atoms with Crippen molar-refractivity contribution in [1.29, 1.82) is 0 Å². The minimum atomic E-state index is -0.430. The topological polar surface area (TPSA) is 61.4 Å². The Morgan fingerprint density at radius 2 is 1.97 bits per heavy atom. The number of nitrogens with one attached hydrogen (secondary N) is 2. The maximum absolute atomic E-state index is 13.1. The van der Waals surface area contributed by atoms with Crippen molar-refractivity contribution in [3.05, 3.63) is 41.1 Å². The molecule has 1 aromatic carbocycles. The summed E-state index contributed by atoms with van der Waals surface area (Å²) in [7, 11) is 0. The van der Waals surface area contributed by atoms with E-state index in [4.69, 9.17) is 0 Å². The number of aromatic hydroxyl groups is 1. The summed E-state index contributed by atoms with van der Waals surface area (Å²) in [4.78, 5) is 14.4. The molecular formula is C21H23Br3N2O2S. The van der Waals surface area contributed by atoms with Gasteiger partial charge in [-0.05, 0) is 74.1 Å². The molecule has 0 saturated heterocycles. The lowest BCUT2D eigenvalue weighted by Crippen LogP contribution is -2.39. The second kappa shape index (κ2) is 7.84. The highest BCUT2D eigenvalue weighted by molar-refractivity contribution is 9.11. The third-order valence-electron chi connectivity index (χ3n) is 6.53. The van der Waals surface area contributed by atoms with Gasteiger partial charge in [-0.3, -0.25) is 4.79 Å². The predicted octanol–water partition coefficient (Wildman–Crippen LogP) is 7.14. The Morgan fingerprint density at radius 3 is 2.66 bits per heavy atom. The summed E-state index contributed by atoms with van der Waals surface area (Å²) >= 11 is 12.1. The number of amides is 1. The van der Waals surface area contributed by atoms with Crippen molar-refractivity contribution in [3.63, 3.8) is 0 Å². The number of thiophene rings is 1. The molecule has 2 aromatic rings. The Labute approximate surface area is 200 Å². The monoisotopic (exact) mass is 604 g/mol. The Balaban J connectivity index is 1.69. The highest BCUT2D eigenvalue weighted by Gasteiger charge is 2.38. The van der Waals surface area contributed by atoms with E-state index in [1.165, 1.54) is 10.4 Å². The van der Waals surface area contributed by atoms with Gasteiger partial charge in [0, 0.05) is 14.9 Å². The van der Waals surface area contributed by atoms with Crippen molar-refractivity contribution >= 4 is 70.0 Å². The minimum Gasteiger partial charge on any atom is -0.506 e. The molecule has 1 aliphatic heterocycles. The molecule has 1 aromatic heterocycles. The number of fused-ring (bicyclic) bond motifs is 3. The summed E-state index contributed by atoms with van der Waals surface area (Å²) in [5.41, 5.74) is 3.10. The molecule has 0 spiro atoms. The number of carbonyl (C=O) groups excluding carboxylic acids is 1. The number of phenolic OH excluding ortho intramolecular Hbond substituents is 1. The van der Waals surface area contributed by atoms with Crippen molar-refractivity contribution < 1.29 is 9.90 Å². The third-order valence-corrected chi connectivity index (χ3v) is 9.78. The smallest absolute Gasteiger partial charge is 0.256 e. The molecular weight excluding hydrogens is 584 g/mol. The molecule has 156 valence electrons. The zero-order valence-electron chi connectivity index (χ0n) is 16.5. The number of carbonyl (C=O) groups is 1. The van der Waals surface area contributed by atoms with Gasteiger partial charge in [-0.1, -0.05) is 43.1 Å². The molecule has 2 aliphatic rings. The Morgan fingerprint density at radius 1 is 1.24 bits per heavy atom. The van der Waals surface area contributed by atoms with Crippen LogP contribution in [0.4, 0.5) is 5.00 Å². The maximum Gasteiger partial charge on any atom is 0.256 e. The van der Waals surface area contributed by atoms with Crippen LogP contribution >= 0.6 is 59.1 Å². The molecule has 3 N–H and O–H groups in total. The van der Waals surface area contributed by atoms with Gasteiger partial charge < -0.3 is 15.7 Å². The quantitative estimate of drug-likeness (QED) is 0.348. The maximum atomic E-state index is 13.1. The van der Waals surface area contributed by atoms with Crippen LogP contribution in [0, 0.1) is 11.3 Å². The molecule has 4 nitrogen and oxygen atoms in total. The Hall–Kier alpha value is -0.570. The van der Waals surface area contributed by atoms with E-state index in [9.17, 15) is 9.90 Å². The molecule has 8 heteroatoms. The molecule has 29 heavy (non-hydrogen) atoms. The van der Waals surface area contributed by atoms with E-state index >= 15 is 0 Å². The van der Waals surface area contributed by atoms with E-state index in [2.05, 4.69) is 79.2 Å². The first-order valence-electron chi connectivity index (χ1n) is 9.72. The number of benzene rings is 1. The van der Waals surface area contributed by atoms with Gasteiger partial charge in [-0.2, -0.15) is 0 Å². The second-order valence-electron chi connectivity index (χ2n) is 8.46. The molecule has 0 radical (unpaired) electrons. The first-order chi connectivity index (χ1) is 13.6. The zero-order chi connectivity index (χ0) is 21.1. The van der Waals surface area contributed by atoms with E-state index in [1.54, 1.807) is 17.4 Å². The van der Waals surface area contributed by atoms with Gasteiger partial charge in [0.2, 0.25) is 0 Å². The second-order valence-corrected chi connectivity index (χ2v) is 12.1. The van der Waals surface area contributed by atoms with Gasteiger partial charge in [0.15, 0.2) is 0 Å². The fourth-order valence-electron chi connectivity index (χ4n) is 4.26. The molecule has 0 saturated carbocycles. The van der Waals surface area contributed by atoms with Crippen LogP contribution in [-0.4, -0.2) is 11.0 Å². The summed E-state index contributed by atoms with van der Waals surface area (Å²) in [5, 5.41) is 17.8. The summed E-state index contributed by atoms with van der Waals surface area (Å²) in [6.45, 7) is 6.97. The van der Waals surface area contributed by atoms with Gasteiger partial charge in [0.1, 0.15) is 16.9 Å². The molecule has 0 bridgehead atoms. The number of anilines is 1. The molecule has 2 heterocycles. The van der Waals surface area contributed by atoms with Crippen molar-refractivity contribution in [1.82, 2.24) is 5.32 Å². The van der Waals surface area contributed by atoms with Crippen LogP contribution in [0.2, 0.25) is 0 Å². The Bertz CT molecular complexity index is 1000. The van der Waals surface area contributed by atoms with Crippen molar-refractivity contribution in [2.45, 2.75) is 52.6 Å². The van der Waals surface area contributed by atoms with E-state index in [0.717, 1.165) is 46.3 Å². The number of hydrogen-bond donors (Lipinski definition) is 3. The van der Waals surface area contributed by atoms with Crippen molar-refractivity contribution in [3.8, 4) is 5.75 Å². The first kappa shape index (κ1) is 21.7. The summed E-state index contributed by atoms with van der Waals surface area (Å²) in [6.07, 6.45) is 3.86. The van der Waals surface area contributed by atoms with Crippen LogP contribution < -0.4 is 10.6 Å². The summed E-state index contributed by atoms with van der Waals surface area (Å²) in [6, 6.07) is 1.79. The van der Waals surface area contributed by atoms with Gasteiger partial charge in [0.05, 0.1) is 14.5 Å². The lowest BCUT2D eigenvalue weighted by atomic mass is 9.69. The van der Waals surface area contributed by atoms with Gasteiger partial charge in [-0.15, -0.1) is 11.3 Å². The zero-order valence-corrected chi connectivity index (χ0v) is 22.0. The summed E-state index contributed by atoms with van der Waals surface area (Å²) < 4.78 is 1.92. The minimum absolute atomic E-state index is 0.0457. The number of hydrogen-bond acceptors (Lipinski definition) is 4. The number of phenols is 1. The average Bonchev–Trinajstić information content (AvgIpc) is 3.04. The van der Waals surface area contributed by atoms with Crippen LogP contribution in [0.25, 0.3) is 0 Å². The van der Waals surface area contributed by atoms with E-state index in [-0.39, 0.29) is 11.7 Å². The van der Waals surface area contributed by atoms with E-state index < -0.39 is 6.17 Å². The predicted molar refractivity (Wildman–Crippen MR) is 129 cm³/mol. The SMILES string of the molecule is CCC(C)(C)[C@H]1CCc2c(sc3c2C(=O)N[C@H](c2c(Br)cc(Br)c(O)c2Br)N3)C1. The van der Waals surface area contributed by atoms with Crippen LogP contribution in [-0.2, 0) is 12.8 Å². The molecule has 4 rings (SSSR count). The highest BCUT2D eigenvalue weighted by Crippen LogP contribution is 2.48. The fourth-order valence-corrected chi connectivity index (χ4v) is 8.19. The van der Waals surface area contributed by atoms with Gasteiger partial charge in [-0.25, -0.2) is 0 Å². The largest absolute Gasteiger partial charge is 0.506 e. The average molecular weight is 607 g/mol. The van der Waals surface area contributed by atoms with E-state index in [1.807, 2.05) is 0 Å². The van der Waals surface area contributed by atoms with Crippen LogP contribution in [0.1, 0.15) is 66.1 Å². The van der Waals surface area contributed by atoms with Crippen LogP contribution in [0.5, 0.6) is 5.75 Å². The third kappa shape index (κ3) is 3.68. The lowest BCUT2D eigenvalue weighted by Gasteiger charge is -2.36. The summed E-state index contributed by atoms with van der Waals surface area (Å²) in [5.74, 6) is 0.710. The first-order valence-corrected chi connectivity index (χ1v) is 12.9. The van der Waals surface area contributed by atoms with Crippen LogP contribution in [0.3, 0.4) is 0 Å². The van der Waals surface area contributed by atoms with Gasteiger partial charge in [0.25, 0.3) is 5.91 Å². The number of halogens is 3. The standard InChI is InChI=1S/C21H23Br3N2O2S/c1-4-21(2,3)9-5-6-10-13(7-9)29-20-14(10)19(28)25-18(26-20)15-11(22)8-12(23)17(27)16(15)24/h8-9,18,26-27H,4-7H2,1-3H3,(H,25,28)/t9-,18-/m0/s1. The molecule has 2 atom stereocenters. The normalized spacial score (nSPS) is 21.2. The molecule has 1 aliphatic carbocycles. The van der Waals surface area contributed by atoms with Gasteiger partial charge >= 0.3 is 0 Å². The van der Waals surface area contributed by atoms with Crippen molar-refractivity contribution in [2.24, 2.45) is 11.3 Å². The Kier molecular flexibility index (Phi) is 5.86. The highest BCUT2D eigenvalue weighted by atomic mass is 79.9. The molecule has 0 fully saturated rings.